The summed E-state index contributed by atoms with van der Waals surface area (Å²) >= 11 is 0. The van der Waals surface area contributed by atoms with Crippen molar-refractivity contribution in [2.24, 2.45) is 46.3 Å². The molecule has 0 aromatic carbocycles. The van der Waals surface area contributed by atoms with Gasteiger partial charge in [-0.05, 0) is 124 Å². The largest absolute Gasteiger partial charge is 0.393 e. The van der Waals surface area contributed by atoms with Crippen molar-refractivity contribution in [2.75, 3.05) is 32.8 Å². The van der Waals surface area contributed by atoms with Crippen LogP contribution in [0.4, 0.5) is 0 Å². The molecule has 1 aliphatic heterocycles. The van der Waals surface area contributed by atoms with E-state index in [4.69, 9.17) is 4.74 Å². The molecule has 5 fully saturated rings. The van der Waals surface area contributed by atoms with Crippen LogP contribution in [0.25, 0.3) is 0 Å². The third kappa shape index (κ3) is 4.42. The Kier molecular flexibility index (Phi) is 7.92. The monoisotopic (exact) mass is 467 g/mol. The summed E-state index contributed by atoms with van der Waals surface area (Å²) in [5.41, 5.74) is 1.11. The lowest BCUT2D eigenvalue weighted by Crippen LogP contribution is -2.54. The molecule has 9 atom stereocenters. The van der Waals surface area contributed by atoms with Crippen LogP contribution in [-0.4, -0.2) is 49.0 Å². The van der Waals surface area contributed by atoms with E-state index in [0.29, 0.717) is 10.8 Å². The summed E-state index contributed by atoms with van der Waals surface area (Å²) in [5, 5.41) is 10.3. The quantitative estimate of drug-likeness (QED) is 0.524. The van der Waals surface area contributed by atoms with Crippen LogP contribution >= 0.6 is 12.4 Å². The summed E-state index contributed by atoms with van der Waals surface area (Å²) in [6, 6.07) is 0. The SMILES string of the molecule is C[C@H](CCCN1CCOCC1)[C@H]1CC[C@H]2[C@@H]3CC[C@@H]4C[C@H](O)CC[C@]4(C)[C@H]3CC[C@]12C.Cl. The first-order chi connectivity index (χ1) is 14.9. The van der Waals surface area contributed by atoms with E-state index in [1.165, 1.54) is 64.3 Å². The number of ether oxygens (including phenoxy) is 1. The fraction of sp³-hybridized carbons (Fsp3) is 1.00. The van der Waals surface area contributed by atoms with Crippen molar-refractivity contribution >= 4 is 12.4 Å². The molecule has 0 radical (unpaired) electrons. The average Bonchev–Trinajstić information content (AvgIpc) is 3.12. The predicted octanol–water partition coefficient (Wildman–Crippen LogP) is 6.18. The fourth-order valence-electron chi connectivity index (χ4n) is 9.87. The van der Waals surface area contributed by atoms with E-state index in [1.54, 1.807) is 0 Å². The van der Waals surface area contributed by atoms with Crippen molar-refractivity contribution in [1.82, 2.24) is 4.90 Å². The highest BCUT2D eigenvalue weighted by Crippen LogP contribution is 2.68. The first-order valence-corrected chi connectivity index (χ1v) is 13.9. The van der Waals surface area contributed by atoms with E-state index in [1.807, 2.05) is 0 Å². The van der Waals surface area contributed by atoms with Gasteiger partial charge in [0.1, 0.15) is 0 Å². The van der Waals surface area contributed by atoms with E-state index < -0.39 is 0 Å². The number of fused-ring (bicyclic) bond motifs is 5. The Morgan fingerprint density at radius 1 is 0.938 bits per heavy atom. The van der Waals surface area contributed by atoms with Gasteiger partial charge >= 0.3 is 0 Å². The molecular formula is C28H50ClNO2. The Balaban J connectivity index is 0.00000245. The highest BCUT2D eigenvalue weighted by Gasteiger charge is 2.60. The number of halogens is 1. The summed E-state index contributed by atoms with van der Waals surface area (Å²) < 4.78 is 5.52. The maximum Gasteiger partial charge on any atom is 0.0594 e. The molecular weight excluding hydrogens is 418 g/mol. The molecule has 4 saturated carbocycles. The van der Waals surface area contributed by atoms with Gasteiger partial charge in [-0.2, -0.15) is 0 Å². The molecule has 186 valence electrons. The Morgan fingerprint density at radius 3 is 2.44 bits per heavy atom. The first kappa shape index (κ1) is 25.3. The molecule has 0 aromatic heterocycles. The van der Waals surface area contributed by atoms with Crippen LogP contribution in [0.5, 0.6) is 0 Å². The normalized spacial score (nSPS) is 47.6. The number of nitrogens with zero attached hydrogens (tertiary/aromatic N) is 1. The number of hydrogen-bond donors (Lipinski definition) is 1. The van der Waals surface area contributed by atoms with Crippen LogP contribution in [0.1, 0.15) is 91.4 Å². The highest BCUT2D eigenvalue weighted by atomic mass is 35.5. The molecule has 1 N–H and O–H groups in total. The van der Waals surface area contributed by atoms with Crippen LogP contribution < -0.4 is 0 Å². The number of morpholine rings is 1. The van der Waals surface area contributed by atoms with Crippen molar-refractivity contribution in [3.8, 4) is 0 Å². The molecule has 4 heteroatoms. The Labute approximate surface area is 203 Å². The molecule has 0 spiro atoms. The van der Waals surface area contributed by atoms with Crippen molar-refractivity contribution in [3.63, 3.8) is 0 Å². The summed E-state index contributed by atoms with van der Waals surface area (Å²) in [4.78, 5) is 2.61. The second-order valence-electron chi connectivity index (χ2n) is 12.9. The van der Waals surface area contributed by atoms with Crippen LogP contribution in [0.2, 0.25) is 0 Å². The smallest absolute Gasteiger partial charge is 0.0594 e. The highest BCUT2D eigenvalue weighted by molar-refractivity contribution is 5.85. The second kappa shape index (κ2) is 10.0. The number of hydrogen-bond acceptors (Lipinski definition) is 3. The molecule has 1 saturated heterocycles. The van der Waals surface area contributed by atoms with Crippen LogP contribution in [0, 0.1) is 46.3 Å². The van der Waals surface area contributed by atoms with Gasteiger partial charge < -0.3 is 9.84 Å². The summed E-state index contributed by atoms with van der Waals surface area (Å²) in [7, 11) is 0. The van der Waals surface area contributed by atoms with Gasteiger partial charge in [-0.25, -0.2) is 0 Å². The van der Waals surface area contributed by atoms with Crippen molar-refractivity contribution < 1.29 is 9.84 Å². The molecule has 4 aliphatic carbocycles. The molecule has 0 unspecified atom stereocenters. The molecule has 0 amide bonds. The molecule has 1 heterocycles. The van der Waals surface area contributed by atoms with Gasteiger partial charge in [-0.3, -0.25) is 4.90 Å². The van der Waals surface area contributed by atoms with Gasteiger partial charge in [-0.1, -0.05) is 20.8 Å². The zero-order valence-electron chi connectivity index (χ0n) is 21.1. The lowest BCUT2D eigenvalue weighted by molar-refractivity contribution is -0.129. The molecule has 32 heavy (non-hydrogen) atoms. The van der Waals surface area contributed by atoms with Gasteiger partial charge in [0.25, 0.3) is 0 Å². The summed E-state index contributed by atoms with van der Waals surface area (Å²) in [6.45, 7) is 13.3. The van der Waals surface area contributed by atoms with Gasteiger partial charge in [0.2, 0.25) is 0 Å². The lowest BCUT2D eigenvalue weighted by atomic mass is 9.44. The van der Waals surface area contributed by atoms with E-state index in [0.717, 1.165) is 74.7 Å². The average molecular weight is 468 g/mol. The molecule has 5 rings (SSSR count). The number of rotatable bonds is 5. The molecule has 0 aromatic rings. The van der Waals surface area contributed by atoms with Crippen molar-refractivity contribution in [2.45, 2.75) is 97.5 Å². The lowest BCUT2D eigenvalue weighted by Gasteiger charge is -2.61. The minimum Gasteiger partial charge on any atom is -0.393 e. The summed E-state index contributed by atoms with van der Waals surface area (Å²) in [5.74, 6) is 5.50. The molecule has 0 bridgehead atoms. The maximum atomic E-state index is 10.3. The zero-order valence-corrected chi connectivity index (χ0v) is 21.9. The Morgan fingerprint density at radius 2 is 1.66 bits per heavy atom. The van der Waals surface area contributed by atoms with Gasteiger partial charge in [-0.15, -0.1) is 12.4 Å². The van der Waals surface area contributed by atoms with Crippen LogP contribution in [-0.2, 0) is 4.74 Å². The maximum absolute atomic E-state index is 10.3. The first-order valence-electron chi connectivity index (χ1n) is 13.9. The standard InChI is InChI=1S/C28H49NO2.ClH/c1-20(5-4-14-29-15-17-31-18-16-29)24-8-9-25-23-7-6-21-19-22(30)10-12-27(21,2)26(23)11-13-28(24,25)3;/h20-26,30H,4-19H2,1-3H3;1H/t20-,21-,22-,23+,24-,25+,26+,27+,28-;/m1./s1. The summed E-state index contributed by atoms with van der Waals surface area (Å²) in [6.07, 6.45) is 15.0. The number of aliphatic hydroxyl groups is 1. The van der Waals surface area contributed by atoms with E-state index >= 15 is 0 Å². The van der Waals surface area contributed by atoms with E-state index in [-0.39, 0.29) is 18.5 Å². The van der Waals surface area contributed by atoms with Crippen LogP contribution in [0.15, 0.2) is 0 Å². The van der Waals surface area contributed by atoms with Crippen molar-refractivity contribution in [3.05, 3.63) is 0 Å². The van der Waals surface area contributed by atoms with E-state index in [2.05, 4.69) is 25.7 Å². The second-order valence-corrected chi connectivity index (χ2v) is 12.9. The van der Waals surface area contributed by atoms with E-state index in [9.17, 15) is 5.11 Å². The minimum absolute atomic E-state index is 0. The third-order valence-corrected chi connectivity index (χ3v) is 11.6. The zero-order chi connectivity index (χ0) is 21.6. The van der Waals surface area contributed by atoms with Gasteiger partial charge in [0, 0.05) is 13.1 Å². The predicted molar refractivity (Wildman–Crippen MR) is 134 cm³/mol. The molecule has 3 nitrogen and oxygen atoms in total. The number of aliphatic hydroxyl groups excluding tert-OH is 1. The fourth-order valence-corrected chi connectivity index (χ4v) is 9.87. The van der Waals surface area contributed by atoms with Crippen LogP contribution in [0.3, 0.4) is 0 Å². The minimum atomic E-state index is -0.0161. The van der Waals surface area contributed by atoms with Crippen molar-refractivity contribution in [1.29, 1.82) is 0 Å². The topological polar surface area (TPSA) is 32.7 Å². The molecule has 5 aliphatic rings. The third-order valence-electron chi connectivity index (χ3n) is 11.6. The van der Waals surface area contributed by atoms with Gasteiger partial charge in [0.15, 0.2) is 0 Å². The Bertz CT molecular complexity index is 625. The Hall–Kier alpha value is 0.170. The van der Waals surface area contributed by atoms with Gasteiger partial charge in [0.05, 0.1) is 19.3 Å².